The second-order valence-corrected chi connectivity index (χ2v) is 9.81. The molecule has 0 radical (unpaired) electrons. The number of fused-ring (bicyclic) bond motifs is 3. The molecule has 0 fully saturated rings. The van der Waals surface area contributed by atoms with Crippen molar-refractivity contribution < 1.29 is 0 Å². The van der Waals surface area contributed by atoms with Crippen molar-refractivity contribution in [3.05, 3.63) is 157 Å². The van der Waals surface area contributed by atoms with Crippen LogP contribution in [-0.2, 0) is 6.54 Å². The molecule has 1 nitrogen and oxygen atoms in total. The lowest BCUT2D eigenvalue weighted by Crippen LogP contribution is -2.01. The highest BCUT2D eigenvalue weighted by Gasteiger charge is 2.15. The molecule has 7 aromatic rings. The Hall–Kier alpha value is -4.88. The zero-order chi connectivity index (χ0) is 25.3. The number of rotatable bonds is 5. The summed E-state index contributed by atoms with van der Waals surface area (Å²) in [7, 11) is 0. The van der Waals surface area contributed by atoms with E-state index in [1.54, 1.807) is 0 Å². The molecule has 7 rings (SSSR count). The van der Waals surface area contributed by atoms with E-state index in [0.29, 0.717) is 0 Å². The molecule has 0 amide bonds. The minimum absolute atomic E-state index is 0.806. The maximum absolute atomic E-state index is 2.48. The number of hydrogen-bond acceptors (Lipinski definition) is 0. The van der Waals surface area contributed by atoms with E-state index in [-0.39, 0.29) is 0 Å². The zero-order valence-electron chi connectivity index (χ0n) is 21.1. The average molecular weight is 486 g/mol. The van der Waals surface area contributed by atoms with Crippen LogP contribution >= 0.6 is 0 Å². The molecule has 1 heteroatoms. The Morgan fingerprint density at radius 3 is 1.34 bits per heavy atom. The third-order valence-electron chi connectivity index (χ3n) is 7.51. The fraction of sp³-hybridized carbons (Fsp3) is 0.0270. The summed E-state index contributed by atoms with van der Waals surface area (Å²) < 4.78 is 2.48. The monoisotopic (exact) mass is 485 g/mol. The zero-order valence-corrected chi connectivity index (χ0v) is 21.1. The van der Waals surface area contributed by atoms with Gasteiger partial charge >= 0.3 is 0 Å². The molecule has 0 spiro atoms. The highest BCUT2D eigenvalue weighted by molar-refractivity contribution is 6.10. The van der Waals surface area contributed by atoms with Crippen LogP contribution in [0.4, 0.5) is 0 Å². The summed E-state index contributed by atoms with van der Waals surface area (Å²) >= 11 is 0. The van der Waals surface area contributed by atoms with Gasteiger partial charge in [0, 0.05) is 28.4 Å². The largest absolute Gasteiger partial charge is 0.336 e. The van der Waals surface area contributed by atoms with Crippen LogP contribution in [0.2, 0.25) is 0 Å². The van der Waals surface area contributed by atoms with Crippen molar-refractivity contribution >= 4 is 21.8 Å². The standard InChI is InChI=1S/C37H27N/c1-4-12-27(13-5-1)30-20-22-36-34(24-30)35-25-31(28-14-6-2-7-15-28)21-23-37(35)38(36)26-32-18-10-11-19-33(32)29-16-8-3-9-17-29/h1-25H,26H2. The van der Waals surface area contributed by atoms with Gasteiger partial charge in [-0.3, -0.25) is 0 Å². The van der Waals surface area contributed by atoms with Crippen LogP contribution in [0, 0.1) is 0 Å². The highest BCUT2D eigenvalue weighted by Crippen LogP contribution is 2.36. The SMILES string of the molecule is c1ccc(-c2ccc3c(c2)c2cc(-c4ccccc4)ccc2n3Cc2ccccc2-c2ccccc2)cc1. The first-order valence-electron chi connectivity index (χ1n) is 13.2. The van der Waals surface area contributed by atoms with Crippen LogP contribution in [0.5, 0.6) is 0 Å². The van der Waals surface area contributed by atoms with Crippen LogP contribution in [0.25, 0.3) is 55.2 Å². The van der Waals surface area contributed by atoms with E-state index in [4.69, 9.17) is 0 Å². The molecule has 0 aliphatic rings. The average Bonchev–Trinajstić information content (AvgIpc) is 3.31. The van der Waals surface area contributed by atoms with Crippen molar-refractivity contribution in [3.8, 4) is 33.4 Å². The molecule has 0 bridgehead atoms. The molecule has 0 atom stereocenters. The molecule has 0 unspecified atom stereocenters. The van der Waals surface area contributed by atoms with E-state index in [0.717, 1.165) is 6.54 Å². The first-order chi connectivity index (χ1) is 18.8. The van der Waals surface area contributed by atoms with E-state index >= 15 is 0 Å². The van der Waals surface area contributed by atoms with Gasteiger partial charge in [0.2, 0.25) is 0 Å². The van der Waals surface area contributed by atoms with Gasteiger partial charge in [0.25, 0.3) is 0 Å². The summed E-state index contributed by atoms with van der Waals surface area (Å²) in [6.45, 7) is 0.806. The lowest BCUT2D eigenvalue weighted by atomic mass is 9.99. The van der Waals surface area contributed by atoms with E-state index in [1.807, 2.05) is 0 Å². The summed E-state index contributed by atoms with van der Waals surface area (Å²) in [4.78, 5) is 0. The van der Waals surface area contributed by atoms with Crippen molar-refractivity contribution in [1.82, 2.24) is 4.57 Å². The van der Waals surface area contributed by atoms with Crippen molar-refractivity contribution in [2.45, 2.75) is 6.54 Å². The van der Waals surface area contributed by atoms with E-state index in [1.165, 1.54) is 60.8 Å². The van der Waals surface area contributed by atoms with Gasteiger partial charge in [0.05, 0.1) is 0 Å². The summed E-state index contributed by atoms with van der Waals surface area (Å²) in [5.74, 6) is 0. The fourth-order valence-electron chi connectivity index (χ4n) is 5.62. The summed E-state index contributed by atoms with van der Waals surface area (Å²) in [5.41, 5.74) is 11.3. The quantitative estimate of drug-likeness (QED) is 0.229. The van der Waals surface area contributed by atoms with Crippen LogP contribution < -0.4 is 0 Å². The van der Waals surface area contributed by atoms with E-state index < -0.39 is 0 Å². The van der Waals surface area contributed by atoms with Gasteiger partial charge in [-0.05, 0) is 63.2 Å². The van der Waals surface area contributed by atoms with E-state index in [2.05, 4.69) is 156 Å². The highest BCUT2D eigenvalue weighted by atomic mass is 15.0. The molecule has 6 aromatic carbocycles. The Bertz CT molecular complexity index is 1770. The minimum atomic E-state index is 0.806. The summed E-state index contributed by atoms with van der Waals surface area (Å²) in [5, 5.41) is 2.58. The molecule has 180 valence electrons. The second kappa shape index (κ2) is 9.53. The number of benzene rings is 6. The van der Waals surface area contributed by atoms with Gasteiger partial charge in [0.15, 0.2) is 0 Å². The van der Waals surface area contributed by atoms with Crippen LogP contribution in [0.3, 0.4) is 0 Å². The molecular formula is C37H27N. The topological polar surface area (TPSA) is 4.93 Å². The van der Waals surface area contributed by atoms with Crippen LogP contribution in [0.1, 0.15) is 5.56 Å². The van der Waals surface area contributed by atoms with Gasteiger partial charge in [-0.2, -0.15) is 0 Å². The van der Waals surface area contributed by atoms with Gasteiger partial charge in [-0.1, -0.05) is 127 Å². The molecule has 0 aliphatic carbocycles. The Morgan fingerprint density at radius 2 is 0.816 bits per heavy atom. The fourth-order valence-corrected chi connectivity index (χ4v) is 5.62. The minimum Gasteiger partial charge on any atom is -0.336 e. The third-order valence-corrected chi connectivity index (χ3v) is 7.51. The first-order valence-corrected chi connectivity index (χ1v) is 13.2. The van der Waals surface area contributed by atoms with Crippen molar-refractivity contribution in [3.63, 3.8) is 0 Å². The molecule has 0 N–H and O–H groups in total. The van der Waals surface area contributed by atoms with Crippen molar-refractivity contribution in [2.24, 2.45) is 0 Å². The molecule has 1 aromatic heterocycles. The maximum atomic E-state index is 2.48. The van der Waals surface area contributed by atoms with Gasteiger partial charge in [-0.15, -0.1) is 0 Å². The Kier molecular flexibility index (Phi) is 5.60. The molecule has 38 heavy (non-hydrogen) atoms. The van der Waals surface area contributed by atoms with E-state index in [9.17, 15) is 0 Å². The number of hydrogen-bond donors (Lipinski definition) is 0. The predicted molar refractivity (Wildman–Crippen MR) is 161 cm³/mol. The Labute approximate surface area is 223 Å². The van der Waals surface area contributed by atoms with Crippen molar-refractivity contribution in [1.29, 1.82) is 0 Å². The van der Waals surface area contributed by atoms with Crippen LogP contribution in [-0.4, -0.2) is 4.57 Å². The number of aromatic nitrogens is 1. The Balaban J connectivity index is 1.44. The maximum Gasteiger partial charge on any atom is 0.0494 e. The number of nitrogens with zero attached hydrogens (tertiary/aromatic N) is 1. The van der Waals surface area contributed by atoms with Gasteiger partial charge in [-0.25, -0.2) is 0 Å². The smallest absolute Gasteiger partial charge is 0.0494 e. The second-order valence-electron chi connectivity index (χ2n) is 9.81. The van der Waals surface area contributed by atoms with Gasteiger partial charge < -0.3 is 4.57 Å². The lowest BCUT2D eigenvalue weighted by Gasteiger charge is -2.13. The summed E-state index contributed by atoms with van der Waals surface area (Å²) in [6.07, 6.45) is 0. The Morgan fingerprint density at radius 1 is 0.368 bits per heavy atom. The molecule has 0 saturated carbocycles. The predicted octanol–water partition coefficient (Wildman–Crippen LogP) is 9.84. The van der Waals surface area contributed by atoms with Crippen molar-refractivity contribution in [2.75, 3.05) is 0 Å². The first kappa shape index (κ1) is 22.3. The normalized spacial score (nSPS) is 11.3. The van der Waals surface area contributed by atoms with Gasteiger partial charge in [0.1, 0.15) is 0 Å². The lowest BCUT2D eigenvalue weighted by molar-refractivity contribution is 0.871. The molecule has 0 aliphatic heterocycles. The molecule has 1 heterocycles. The summed E-state index contributed by atoms with van der Waals surface area (Å²) in [6, 6.07) is 54.6. The third kappa shape index (κ3) is 3.99. The molecular weight excluding hydrogens is 458 g/mol. The molecule has 0 saturated heterocycles. The van der Waals surface area contributed by atoms with Crippen LogP contribution in [0.15, 0.2) is 152 Å².